The van der Waals surface area contributed by atoms with Crippen molar-refractivity contribution in [2.45, 2.75) is 19.4 Å². The van der Waals surface area contributed by atoms with Crippen LogP contribution in [-0.4, -0.2) is 13.2 Å². The lowest BCUT2D eigenvalue weighted by Crippen LogP contribution is -2.24. The van der Waals surface area contributed by atoms with Gasteiger partial charge in [-0.3, -0.25) is 0 Å². The van der Waals surface area contributed by atoms with Gasteiger partial charge in [-0.15, -0.1) is 0 Å². The number of halogens is 1. The molecule has 0 radical (unpaired) electrons. The summed E-state index contributed by atoms with van der Waals surface area (Å²) in [6.45, 7) is 3.48. The first kappa shape index (κ1) is 11.1. The number of ether oxygens (including phenoxy) is 1. The van der Waals surface area contributed by atoms with Crippen molar-refractivity contribution >= 4 is 0 Å². The lowest BCUT2D eigenvalue weighted by atomic mass is 10.0. The van der Waals surface area contributed by atoms with Gasteiger partial charge in [-0.25, -0.2) is 4.39 Å². The third-order valence-electron chi connectivity index (χ3n) is 2.64. The van der Waals surface area contributed by atoms with Gasteiger partial charge < -0.3 is 10.1 Å². The minimum absolute atomic E-state index is 0.159. The van der Waals surface area contributed by atoms with Crippen LogP contribution in [0.25, 0.3) is 0 Å². The van der Waals surface area contributed by atoms with E-state index in [9.17, 15) is 4.39 Å². The average molecular weight is 221 g/mol. The van der Waals surface area contributed by atoms with E-state index in [1.807, 2.05) is 19.1 Å². The van der Waals surface area contributed by atoms with Crippen LogP contribution in [0.2, 0.25) is 0 Å². The lowest BCUT2D eigenvalue weighted by Gasteiger charge is -2.19. The van der Waals surface area contributed by atoms with E-state index < -0.39 is 0 Å². The summed E-state index contributed by atoms with van der Waals surface area (Å²) in [6, 6.07) is 6.67. The van der Waals surface area contributed by atoms with Crippen LogP contribution in [0.5, 0.6) is 0 Å². The molecule has 1 aliphatic rings. The van der Waals surface area contributed by atoms with Gasteiger partial charge in [-0.05, 0) is 18.7 Å². The molecule has 3 heteroatoms. The summed E-state index contributed by atoms with van der Waals surface area (Å²) in [7, 11) is 0. The maximum absolute atomic E-state index is 13.7. The molecule has 0 aromatic heterocycles. The van der Waals surface area contributed by atoms with E-state index in [1.165, 1.54) is 6.07 Å². The molecule has 1 N–H and O–H groups in total. The highest BCUT2D eigenvalue weighted by Gasteiger charge is 2.22. The van der Waals surface area contributed by atoms with Crippen LogP contribution in [0.4, 0.5) is 4.39 Å². The molecular formula is C13H16FNO. The van der Waals surface area contributed by atoms with E-state index in [4.69, 9.17) is 4.74 Å². The Morgan fingerprint density at radius 2 is 2.25 bits per heavy atom. The van der Waals surface area contributed by atoms with Gasteiger partial charge in [0.25, 0.3) is 0 Å². The van der Waals surface area contributed by atoms with Gasteiger partial charge in [0.1, 0.15) is 11.6 Å². The van der Waals surface area contributed by atoms with E-state index in [0.29, 0.717) is 12.2 Å². The van der Waals surface area contributed by atoms with Crippen LogP contribution in [0.15, 0.2) is 36.1 Å². The molecule has 0 aliphatic carbocycles. The Kier molecular flexibility index (Phi) is 3.57. The van der Waals surface area contributed by atoms with Gasteiger partial charge in [0.15, 0.2) is 0 Å². The molecule has 1 unspecified atom stereocenters. The smallest absolute Gasteiger partial charge is 0.128 e. The topological polar surface area (TPSA) is 21.3 Å². The van der Waals surface area contributed by atoms with Crippen molar-refractivity contribution in [3.63, 3.8) is 0 Å². The predicted octanol–water partition coefficient (Wildman–Crippen LogP) is 2.78. The largest absolute Gasteiger partial charge is 0.496 e. The van der Waals surface area contributed by atoms with Crippen molar-refractivity contribution in [1.29, 1.82) is 0 Å². The van der Waals surface area contributed by atoms with Gasteiger partial charge in [0.05, 0.1) is 12.6 Å². The standard InChI is InChI=1S/C13H16FNO/c1-2-15-13(12-8-5-9-16-12)10-6-3-4-7-11(10)14/h3-4,6-8,13,15H,2,5,9H2,1H3. The monoisotopic (exact) mass is 221 g/mol. The zero-order chi connectivity index (χ0) is 11.4. The lowest BCUT2D eigenvalue weighted by molar-refractivity contribution is 0.215. The molecule has 16 heavy (non-hydrogen) atoms. The van der Waals surface area contributed by atoms with Crippen molar-refractivity contribution in [3.8, 4) is 0 Å². The van der Waals surface area contributed by atoms with Crippen LogP contribution < -0.4 is 5.32 Å². The van der Waals surface area contributed by atoms with Crippen LogP contribution in [0.3, 0.4) is 0 Å². The van der Waals surface area contributed by atoms with Gasteiger partial charge in [0, 0.05) is 12.0 Å². The summed E-state index contributed by atoms with van der Waals surface area (Å²) in [5.41, 5.74) is 0.650. The first-order chi connectivity index (χ1) is 7.83. The molecule has 1 aliphatic heterocycles. The molecular weight excluding hydrogens is 205 g/mol. The fourth-order valence-electron chi connectivity index (χ4n) is 1.92. The molecule has 86 valence electrons. The SMILES string of the molecule is CCNC(C1=CCCO1)c1ccccc1F. The zero-order valence-corrected chi connectivity index (χ0v) is 9.37. The van der Waals surface area contributed by atoms with Crippen LogP contribution in [-0.2, 0) is 4.74 Å². The van der Waals surface area contributed by atoms with Crippen molar-refractivity contribution in [1.82, 2.24) is 5.32 Å². The highest BCUT2D eigenvalue weighted by atomic mass is 19.1. The number of benzene rings is 1. The van der Waals surface area contributed by atoms with Crippen molar-refractivity contribution < 1.29 is 9.13 Å². The summed E-state index contributed by atoms with van der Waals surface area (Å²) in [5, 5.41) is 3.25. The molecule has 2 rings (SSSR count). The second kappa shape index (κ2) is 5.12. The van der Waals surface area contributed by atoms with Gasteiger partial charge >= 0.3 is 0 Å². The molecule has 1 heterocycles. The second-order valence-electron chi connectivity index (χ2n) is 3.76. The van der Waals surface area contributed by atoms with E-state index in [-0.39, 0.29) is 11.9 Å². The van der Waals surface area contributed by atoms with Crippen molar-refractivity contribution in [3.05, 3.63) is 47.5 Å². The summed E-state index contributed by atoms with van der Waals surface area (Å²) >= 11 is 0. The Bertz CT molecular complexity index is 389. The second-order valence-corrected chi connectivity index (χ2v) is 3.76. The minimum Gasteiger partial charge on any atom is -0.496 e. The van der Waals surface area contributed by atoms with Crippen molar-refractivity contribution in [2.75, 3.05) is 13.2 Å². The predicted molar refractivity (Wildman–Crippen MR) is 61.5 cm³/mol. The van der Waals surface area contributed by atoms with Crippen LogP contribution in [0, 0.1) is 5.82 Å². The van der Waals surface area contributed by atoms with Crippen molar-refractivity contribution in [2.24, 2.45) is 0 Å². The van der Waals surface area contributed by atoms with Crippen LogP contribution >= 0.6 is 0 Å². The molecule has 0 amide bonds. The summed E-state index contributed by atoms with van der Waals surface area (Å²) in [4.78, 5) is 0. The number of nitrogens with one attached hydrogen (secondary N) is 1. The molecule has 0 saturated carbocycles. The fourth-order valence-corrected chi connectivity index (χ4v) is 1.92. The van der Waals surface area contributed by atoms with E-state index in [1.54, 1.807) is 12.1 Å². The molecule has 1 aromatic carbocycles. The summed E-state index contributed by atoms with van der Waals surface area (Å²) < 4.78 is 19.2. The highest BCUT2D eigenvalue weighted by molar-refractivity contribution is 5.28. The molecule has 1 aromatic rings. The molecule has 2 nitrogen and oxygen atoms in total. The fraction of sp³-hybridized carbons (Fsp3) is 0.385. The summed E-state index contributed by atoms with van der Waals surface area (Å²) in [5.74, 6) is 0.650. The number of rotatable bonds is 4. The third kappa shape index (κ3) is 2.25. The summed E-state index contributed by atoms with van der Waals surface area (Å²) in [6.07, 6.45) is 2.94. The normalized spacial score (nSPS) is 16.8. The Morgan fingerprint density at radius 1 is 1.44 bits per heavy atom. The van der Waals surface area contributed by atoms with Crippen LogP contribution in [0.1, 0.15) is 24.9 Å². The molecule has 1 atom stereocenters. The Morgan fingerprint density at radius 3 is 2.88 bits per heavy atom. The quantitative estimate of drug-likeness (QED) is 0.844. The highest BCUT2D eigenvalue weighted by Crippen LogP contribution is 2.27. The minimum atomic E-state index is -0.190. The average Bonchev–Trinajstić information content (AvgIpc) is 2.80. The Balaban J connectivity index is 2.28. The molecule has 0 fully saturated rings. The molecule has 0 saturated heterocycles. The Hall–Kier alpha value is -1.35. The van der Waals surface area contributed by atoms with Gasteiger partial charge in [-0.1, -0.05) is 25.1 Å². The van der Waals surface area contributed by atoms with E-state index >= 15 is 0 Å². The molecule has 0 spiro atoms. The number of hydrogen-bond acceptors (Lipinski definition) is 2. The maximum Gasteiger partial charge on any atom is 0.128 e. The zero-order valence-electron chi connectivity index (χ0n) is 9.37. The van der Waals surface area contributed by atoms with E-state index in [2.05, 4.69) is 5.32 Å². The first-order valence-electron chi connectivity index (χ1n) is 5.63. The van der Waals surface area contributed by atoms with Gasteiger partial charge in [-0.2, -0.15) is 0 Å². The van der Waals surface area contributed by atoms with E-state index in [0.717, 1.165) is 18.7 Å². The Labute approximate surface area is 95.1 Å². The first-order valence-corrected chi connectivity index (χ1v) is 5.63. The number of likely N-dealkylation sites (N-methyl/N-ethyl adjacent to an activating group) is 1. The third-order valence-corrected chi connectivity index (χ3v) is 2.64. The maximum atomic E-state index is 13.7. The number of hydrogen-bond donors (Lipinski definition) is 1. The molecule has 0 bridgehead atoms. The van der Waals surface area contributed by atoms with Gasteiger partial charge in [0.2, 0.25) is 0 Å².